The van der Waals surface area contributed by atoms with Gasteiger partial charge < -0.3 is 9.80 Å². The Labute approximate surface area is 145 Å². The van der Waals surface area contributed by atoms with Crippen LogP contribution < -0.4 is 0 Å². The molecule has 0 aromatic heterocycles. The average Bonchev–Trinajstić information content (AvgIpc) is 2.60. The topological polar surface area (TPSA) is 40.6 Å². The molecule has 0 aliphatic carbocycles. The Bertz CT molecular complexity index is 583. The number of benzene rings is 1. The van der Waals surface area contributed by atoms with Gasteiger partial charge in [0.2, 0.25) is 11.8 Å². The molecule has 24 heavy (non-hydrogen) atoms. The highest BCUT2D eigenvalue weighted by Crippen LogP contribution is 2.24. The highest BCUT2D eigenvalue weighted by Gasteiger charge is 2.24. The van der Waals surface area contributed by atoms with E-state index in [-0.39, 0.29) is 23.8 Å². The Morgan fingerprint density at radius 2 is 2.00 bits per heavy atom. The summed E-state index contributed by atoms with van der Waals surface area (Å²) in [4.78, 5) is 27.9. The fourth-order valence-electron chi connectivity index (χ4n) is 3.16. The maximum Gasteiger partial charge on any atom is 0.223 e. The zero-order valence-corrected chi connectivity index (χ0v) is 14.9. The van der Waals surface area contributed by atoms with Crippen molar-refractivity contribution in [2.45, 2.75) is 46.1 Å². The zero-order valence-electron chi connectivity index (χ0n) is 14.9. The summed E-state index contributed by atoms with van der Waals surface area (Å²) in [5, 5.41) is 0. The SMILES string of the molecule is CCCN(C(=O)CC1C=CN(C(C)=O)CC1)C(C)c1ccccc1. The van der Waals surface area contributed by atoms with Crippen molar-refractivity contribution in [1.82, 2.24) is 9.80 Å². The van der Waals surface area contributed by atoms with E-state index in [4.69, 9.17) is 0 Å². The second-order valence-electron chi connectivity index (χ2n) is 6.48. The quantitative estimate of drug-likeness (QED) is 0.798. The van der Waals surface area contributed by atoms with Crippen LogP contribution in [0.15, 0.2) is 42.6 Å². The predicted molar refractivity (Wildman–Crippen MR) is 96.1 cm³/mol. The van der Waals surface area contributed by atoms with Gasteiger partial charge in [-0.1, -0.05) is 43.3 Å². The van der Waals surface area contributed by atoms with Crippen LogP contribution in [0.3, 0.4) is 0 Å². The Balaban J connectivity index is 2.02. The standard InChI is InChI=1S/C20H28N2O2/c1-4-12-22(16(2)19-8-6-5-7-9-19)20(24)15-18-10-13-21(14-11-18)17(3)23/h5-10,13,16,18H,4,11-12,14-15H2,1-3H3. The number of amides is 2. The second-order valence-corrected chi connectivity index (χ2v) is 6.48. The van der Waals surface area contributed by atoms with E-state index in [1.807, 2.05) is 35.4 Å². The summed E-state index contributed by atoms with van der Waals surface area (Å²) in [7, 11) is 0. The molecule has 2 atom stereocenters. The van der Waals surface area contributed by atoms with E-state index in [2.05, 4.69) is 26.0 Å². The minimum Gasteiger partial charge on any atom is -0.336 e. The van der Waals surface area contributed by atoms with Gasteiger partial charge >= 0.3 is 0 Å². The first-order valence-corrected chi connectivity index (χ1v) is 8.82. The Hall–Kier alpha value is -2.10. The van der Waals surface area contributed by atoms with Gasteiger partial charge in [0.25, 0.3) is 0 Å². The largest absolute Gasteiger partial charge is 0.336 e. The van der Waals surface area contributed by atoms with E-state index in [1.165, 1.54) is 5.56 Å². The number of carbonyl (C=O) groups excluding carboxylic acids is 2. The number of hydrogen-bond acceptors (Lipinski definition) is 2. The van der Waals surface area contributed by atoms with Crippen LogP contribution >= 0.6 is 0 Å². The average molecular weight is 328 g/mol. The van der Waals surface area contributed by atoms with Crippen LogP contribution in [0.25, 0.3) is 0 Å². The third kappa shape index (κ3) is 4.70. The minimum absolute atomic E-state index is 0.0568. The molecule has 1 aliphatic rings. The Kier molecular flexibility index (Phi) is 6.59. The van der Waals surface area contributed by atoms with Gasteiger partial charge in [-0.25, -0.2) is 0 Å². The fourth-order valence-corrected chi connectivity index (χ4v) is 3.16. The number of rotatable bonds is 6. The van der Waals surface area contributed by atoms with Gasteiger partial charge in [-0.3, -0.25) is 9.59 Å². The first kappa shape index (κ1) is 18.2. The smallest absolute Gasteiger partial charge is 0.223 e. The molecule has 1 aliphatic heterocycles. The van der Waals surface area contributed by atoms with Crippen molar-refractivity contribution < 1.29 is 9.59 Å². The zero-order chi connectivity index (χ0) is 17.5. The lowest BCUT2D eigenvalue weighted by atomic mass is 9.96. The van der Waals surface area contributed by atoms with Crippen LogP contribution in [0.2, 0.25) is 0 Å². The van der Waals surface area contributed by atoms with Crippen molar-refractivity contribution in [2.75, 3.05) is 13.1 Å². The lowest BCUT2D eigenvalue weighted by molar-refractivity contribution is -0.134. The molecule has 0 saturated heterocycles. The van der Waals surface area contributed by atoms with Crippen molar-refractivity contribution in [1.29, 1.82) is 0 Å². The minimum atomic E-state index is 0.0568. The molecule has 2 rings (SSSR count). The van der Waals surface area contributed by atoms with Gasteiger partial charge in [-0.2, -0.15) is 0 Å². The molecule has 1 aromatic rings. The van der Waals surface area contributed by atoms with E-state index in [9.17, 15) is 9.59 Å². The van der Waals surface area contributed by atoms with E-state index in [0.717, 1.165) is 19.4 Å². The molecular formula is C20H28N2O2. The van der Waals surface area contributed by atoms with Gasteiger partial charge in [0.05, 0.1) is 6.04 Å². The first-order chi connectivity index (χ1) is 11.5. The number of carbonyl (C=O) groups is 2. The maximum absolute atomic E-state index is 12.8. The van der Waals surface area contributed by atoms with E-state index >= 15 is 0 Å². The van der Waals surface area contributed by atoms with Crippen LogP contribution in [0, 0.1) is 5.92 Å². The molecule has 0 bridgehead atoms. The predicted octanol–water partition coefficient (Wildman–Crippen LogP) is 3.76. The molecule has 2 amide bonds. The highest BCUT2D eigenvalue weighted by molar-refractivity contribution is 5.77. The molecule has 4 heteroatoms. The van der Waals surface area contributed by atoms with Crippen molar-refractivity contribution in [3.05, 3.63) is 48.2 Å². The van der Waals surface area contributed by atoms with Crippen molar-refractivity contribution in [3.8, 4) is 0 Å². The Morgan fingerprint density at radius 1 is 1.29 bits per heavy atom. The summed E-state index contributed by atoms with van der Waals surface area (Å²) >= 11 is 0. The third-order valence-electron chi connectivity index (χ3n) is 4.65. The molecular weight excluding hydrogens is 300 g/mol. The second kappa shape index (κ2) is 8.67. The van der Waals surface area contributed by atoms with Crippen LogP contribution in [0.1, 0.15) is 51.6 Å². The molecule has 0 saturated carbocycles. The van der Waals surface area contributed by atoms with Gasteiger partial charge in [-0.05, 0) is 31.2 Å². The normalized spacial score (nSPS) is 18.3. The van der Waals surface area contributed by atoms with Crippen LogP contribution in [-0.4, -0.2) is 34.7 Å². The van der Waals surface area contributed by atoms with Gasteiger partial charge in [0.15, 0.2) is 0 Å². The number of nitrogens with zero attached hydrogens (tertiary/aromatic N) is 2. The molecule has 4 nitrogen and oxygen atoms in total. The molecule has 0 fully saturated rings. The maximum atomic E-state index is 12.8. The molecule has 0 radical (unpaired) electrons. The summed E-state index contributed by atoms with van der Waals surface area (Å²) < 4.78 is 0. The summed E-state index contributed by atoms with van der Waals surface area (Å²) in [5.41, 5.74) is 1.17. The molecule has 2 unspecified atom stereocenters. The molecule has 0 N–H and O–H groups in total. The molecule has 0 spiro atoms. The highest BCUT2D eigenvalue weighted by atomic mass is 16.2. The lowest BCUT2D eigenvalue weighted by Crippen LogP contribution is -2.36. The third-order valence-corrected chi connectivity index (χ3v) is 4.65. The van der Waals surface area contributed by atoms with E-state index in [1.54, 1.807) is 11.8 Å². The summed E-state index contributed by atoms with van der Waals surface area (Å²) in [6, 6.07) is 10.3. The van der Waals surface area contributed by atoms with Crippen LogP contribution in [-0.2, 0) is 9.59 Å². The summed E-state index contributed by atoms with van der Waals surface area (Å²) in [6.07, 6.45) is 6.14. The van der Waals surface area contributed by atoms with Crippen molar-refractivity contribution in [3.63, 3.8) is 0 Å². The fraction of sp³-hybridized carbons (Fsp3) is 0.500. The molecule has 130 valence electrons. The number of hydrogen-bond donors (Lipinski definition) is 0. The number of allylic oxidation sites excluding steroid dienone is 1. The first-order valence-electron chi connectivity index (χ1n) is 8.82. The van der Waals surface area contributed by atoms with Crippen LogP contribution in [0.5, 0.6) is 0 Å². The van der Waals surface area contributed by atoms with Gasteiger partial charge in [-0.15, -0.1) is 0 Å². The van der Waals surface area contributed by atoms with Gasteiger partial charge in [0, 0.05) is 32.6 Å². The lowest BCUT2D eigenvalue weighted by Gasteiger charge is -2.32. The van der Waals surface area contributed by atoms with E-state index in [0.29, 0.717) is 13.0 Å². The summed E-state index contributed by atoms with van der Waals surface area (Å²) in [6.45, 7) is 7.23. The van der Waals surface area contributed by atoms with Gasteiger partial charge in [0.1, 0.15) is 0 Å². The monoisotopic (exact) mass is 328 g/mol. The van der Waals surface area contributed by atoms with Crippen molar-refractivity contribution >= 4 is 11.8 Å². The molecule has 1 aromatic carbocycles. The van der Waals surface area contributed by atoms with E-state index < -0.39 is 0 Å². The summed E-state index contributed by atoms with van der Waals surface area (Å²) in [5.74, 6) is 0.468. The van der Waals surface area contributed by atoms with Crippen molar-refractivity contribution in [2.24, 2.45) is 5.92 Å². The Morgan fingerprint density at radius 3 is 2.54 bits per heavy atom. The van der Waals surface area contributed by atoms with Crippen LogP contribution in [0.4, 0.5) is 0 Å². The molecule has 1 heterocycles.